The number of benzene rings is 3. The van der Waals surface area contributed by atoms with E-state index in [4.69, 9.17) is 0 Å². The van der Waals surface area contributed by atoms with Gasteiger partial charge in [-0.25, -0.2) is 8.42 Å². The van der Waals surface area contributed by atoms with Gasteiger partial charge in [-0.3, -0.25) is 4.79 Å². The second-order valence-electron chi connectivity index (χ2n) is 6.74. The van der Waals surface area contributed by atoms with Crippen LogP contribution in [0.4, 0.5) is 24.5 Å². The molecule has 0 heterocycles. The predicted molar refractivity (Wildman–Crippen MR) is 113 cm³/mol. The van der Waals surface area contributed by atoms with Crippen molar-refractivity contribution in [2.75, 3.05) is 17.2 Å². The molecule has 9 heteroatoms. The lowest BCUT2D eigenvalue weighted by Gasteiger charge is -2.14. The zero-order valence-electron chi connectivity index (χ0n) is 16.2. The van der Waals surface area contributed by atoms with Gasteiger partial charge in [0.15, 0.2) is 9.84 Å². The van der Waals surface area contributed by atoms with E-state index in [1.807, 2.05) is 0 Å². The Kier molecular flexibility index (Phi) is 6.65. The van der Waals surface area contributed by atoms with Crippen molar-refractivity contribution < 1.29 is 26.4 Å². The molecule has 3 rings (SSSR count). The Labute approximate surface area is 177 Å². The number of anilines is 2. The summed E-state index contributed by atoms with van der Waals surface area (Å²) in [5.74, 6) is -0.859. The third kappa shape index (κ3) is 6.32. The molecule has 0 bridgehead atoms. The monoisotopic (exact) mass is 448 g/mol. The highest BCUT2D eigenvalue weighted by atomic mass is 32.2. The quantitative estimate of drug-likeness (QED) is 0.540. The molecule has 0 aromatic heterocycles. The molecule has 2 N–H and O–H groups in total. The molecule has 0 aliphatic carbocycles. The van der Waals surface area contributed by atoms with Crippen LogP contribution in [0.1, 0.15) is 15.9 Å². The van der Waals surface area contributed by atoms with Gasteiger partial charge >= 0.3 is 6.18 Å². The molecule has 162 valence electrons. The first-order chi connectivity index (χ1) is 14.6. The zero-order chi connectivity index (χ0) is 22.5. The third-order valence-corrected chi connectivity index (χ3v) is 6.01. The first-order valence-electron chi connectivity index (χ1n) is 9.22. The van der Waals surface area contributed by atoms with Gasteiger partial charge in [-0.2, -0.15) is 13.2 Å². The number of hydrogen-bond donors (Lipinski definition) is 2. The van der Waals surface area contributed by atoms with Crippen molar-refractivity contribution in [2.24, 2.45) is 0 Å². The van der Waals surface area contributed by atoms with E-state index in [0.29, 0.717) is 5.56 Å². The first-order valence-corrected chi connectivity index (χ1v) is 10.9. The van der Waals surface area contributed by atoms with Crippen LogP contribution in [0.25, 0.3) is 0 Å². The molecule has 0 saturated carbocycles. The van der Waals surface area contributed by atoms with E-state index < -0.39 is 28.5 Å². The molecule has 3 aromatic carbocycles. The molecule has 5 nitrogen and oxygen atoms in total. The molecule has 0 aliphatic rings. The molecular formula is C22H19F3N2O3S. The summed E-state index contributed by atoms with van der Waals surface area (Å²) in [5, 5.41) is 4.82. The zero-order valence-corrected chi connectivity index (χ0v) is 17.0. The van der Waals surface area contributed by atoms with Crippen LogP contribution in [0.15, 0.2) is 83.8 Å². The van der Waals surface area contributed by atoms with E-state index in [0.717, 1.165) is 0 Å². The summed E-state index contributed by atoms with van der Waals surface area (Å²) in [6.45, 7) is -1.24. The molecule has 3 aromatic rings. The van der Waals surface area contributed by atoms with Crippen molar-refractivity contribution in [3.8, 4) is 0 Å². The molecule has 0 radical (unpaired) electrons. The molecule has 0 unspecified atom stereocenters. The van der Waals surface area contributed by atoms with Crippen LogP contribution in [0.5, 0.6) is 0 Å². The number of carbonyl (C=O) groups is 1. The van der Waals surface area contributed by atoms with Crippen molar-refractivity contribution in [1.82, 2.24) is 0 Å². The molecular weight excluding hydrogens is 429 g/mol. The number of halogens is 3. The lowest BCUT2D eigenvalue weighted by Crippen LogP contribution is -2.22. The predicted octanol–water partition coefficient (Wildman–Crippen LogP) is 4.89. The minimum atomic E-state index is -4.41. The summed E-state index contributed by atoms with van der Waals surface area (Å²) >= 11 is 0. The topological polar surface area (TPSA) is 75.3 Å². The second kappa shape index (κ2) is 9.22. The standard InChI is InChI=1S/C22H19F3N2O3S/c23-22(24,25)15-26-19-11-4-5-12-20(19)27-21(28)17-8-6-7-16(13-17)14-31(29,30)18-9-2-1-3-10-18/h1-13,26H,14-15H2,(H,27,28). The van der Waals surface area contributed by atoms with Gasteiger partial charge < -0.3 is 10.6 Å². The molecule has 0 fully saturated rings. The fraction of sp³-hybridized carbons (Fsp3) is 0.136. The Balaban J connectivity index is 1.76. The lowest BCUT2D eigenvalue weighted by atomic mass is 10.1. The van der Waals surface area contributed by atoms with Gasteiger partial charge in [0.25, 0.3) is 5.91 Å². The fourth-order valence-corrected chi connectivity index (χ4v) is 4.23. The second-order valence-corrected chi connectivity index (χ2v) is 8.73. The summed E-state index contributed by atoms with van der Waals surface area (Å²) in [5.41, 5.74) is 0.904. The number of nitrogens with one attached hydrogen (secondary N) is 2. The maximum atomic E-state index is 12.6. The highest BCUT2D eigenvalue weighted by Crippen LogP contribution is 2.24. The number of rotatable bonds is 7. The van der Waals surface area contributed by atoms with Crippen molar-refractivity contribution in [1.29, 1.82) is 0 Å². The Morgan fingerprint density at radius 1 is 0.839 bits per heavy atom. The van der Waals surface area contributed by atoms with Gasteiger partial charge in [0.05, 0.1) is 22.0 Å². The lowest BCUT2D eigenvalue weighted by molar-refractivity contribution is -0.115. The SMILES string of the molecule is O=C(Nc1ccccc1NCC(F)(F)F)c1cccc(CS(=O)(=O)c2ccccc2)c1. The summed E-state index contributed by atoms with van der Waals surface area (Å²) in [6.07, 6.45) is -4.41. The van der Waals surface area contributed by atoms with Crippen LogP contribution in [-0.4, -0.2) is 27.0 Å². The minimum absolute atomic E-state index is 0.121. The highest BCUT2D eigenvalue weighted by molar-refractivity contribution is 7.90. The largest absolute Gasteiger partial charge is 0.405 e. The number of sulfone groups is 1. The van der Waals surface area contributed by atoms with Gasteiger partial charge in [0.1, 0.15) is 6.54 Å². The number of alkyl halides is 3. The average Bonchev–Trinajstić information content (AvgIpc) is 2.73. The van der Waals surface area contributed by atoms with E-state index in [2.05, 4.69) is 10.6 Å². The summed E-state index contributed by atoms with van der Waals surface area (Å²) in [6, 6.07) is 20.1. The van der Waals surface area contributed by atoms with Gasteiger partial charge in [-0.05, 0) is 42.0 Å². The summed E-state index contributed by atoms with van der Waals surface area (Å²) < 4.78 is 62.7. The van der Waals surface area contributed by atoms with Crippen LogP contribution in [0.3, 0.4) is 0 Å². The van der Waals surface area contributed by atoms with Crippen LogP contribution in [-0.2, 0) is 15.6 Å². The van der Waals surface area contributed by atoms with E-state index in [1.54, 1.807) is 42.5 Å². The van der Waals surface area contributed by atoms with Crippen molar-refractivity contribution in [3.05, 3.63) is 90.0 Å². The molecule has 0 aliphatic heterocycles. The van der Waals surface area contributed by atoms with Crippen LogP contribution >= 0.6 is 0 Å². The van der Waals surface area contributed by atoms with E-state index in [1.165, 1.54) is 36.4 Å². The Morgan fingerprint density at radius 3 is 2.16 bits per heavy atom. The number of amides is 1. The van der Waals surface area contributed by atoms with Crippen LogP contribution in [0, 0.1) is 0 Å². The van der Waals surface area contributed by atoms with Crippen molar-refractivity contribution in [2.45, 2.75) is 16.8 Å². The molecule has 0 atom stereocenters. The van der Waals surface area contributed by atoms with E-state index >= 15 is 0 Å². The Bertz CT molecular complexity index is 1160. The number of hydrogen-bond acceptors (Lipinski definition) is 4. The maximum absolute atomic E-state index is 12.6. The normalized spacial score (nSPS) is 11.7. The van der Waals surface area contributed by atoms with Crippen LogP contribution in [0.2, 0.25) is 0 Å². The summed E-state index contributed by atoms with van der Waals surface area (Å²) in [7, 11) is -3.59. The van der Waals surface area contributed by atoms with E-state index in [-0.39, 0.29) is 27.6 Å². The van der Waals surface area contributed by atoms with Crippen LogP contribution < -0.4 is 10.6 Å². The molecule has 31 heavy (non-hydrogen) atoms. The van der Waals surface area contributed by atoms with E-state index in [9.17, 15) is 26.4 Å². The highest BCUT2D eigenvalue weighted by Gasteiger charge is 2.27. The maximum Gasteiger partial charge on any atom is 0.405 e. The number of para-hydroxylation sites is 2. The minimum Gasteiger partial charge on any atom is -0.375 e. The average molecular weight is 448 g/mol. The Morgan fingerprint density at radius 2 is 1.48 bits per heavy atom. The molecule has 0 saturated heterocycles. The molecule has 1 amide bonds. The first kappa shape index (κ1) is 22.4. The fourth-order valence-electron chi connectivity index (χ4n) is 2.87. The van der Waals surface area contributed by atoms with Gasteiger partial charge in [-0.15, -0.1) is 0 Å². The summed E-state index contributed by atoms with van der Waals surface area (Å²) in [4.78, 5) is 12.8. The molecule has 0 spiro atoms. The Hall–Kier alpha value is -3.33. The number of carbonyl (C=O) groups excluding carboxylic acids is 1. The van der Waals surface area contributed by atoms with Gasteiger partial charge in [-0.1, -0.05) is 42.5 Å². The van der Waals surface area contributed by atoms with Gasteiger partial charge in [0, 0.05) is 5.56 Å². The third-order valence-electron chi connectivity index (χ3n) is 4.30. The van der Waals surface area contributed by atoms with Crippen molar-refractivity contribution >= 4 is 27.1 Å². The van der Waals surface area contributed by atoms with Crippen molar-refractivity contribution in [3.63, 3.8) is 0 Å². The smallest absolute Gasteiger partial charge is 0.375 e. The van der Waals surface area contributed by atoms with Gasteiger partial charge in [0.2, 0.25) is 0 Å².